The summed E-state index contributed by atoms with van der Waals surface area (Å²) < 4.78 is 0. The average molecular weight is 392 g/mol. The molecular weight excluding hydrogens is 354 g/mol. The standard InChI is InChI=1S/C22H37N3O3/c1-2-3-4-5-6-7-8-9-10-11-12-13-18-24-22(28)25(23)21(27)19-14-16-20(26)17-15-19/h14-17,26H,2-13,18,23H2,1H3,(H,24,28). The molecule has 0 radical (unpaired) electrons. The van der Waals surface area contributed by atoms with Crippen LogP contribution in [0.25, 0.3) is 0 Å². The lowest BCUT2D eigenvalue weighted by Gasteiger charge is -2.15. The second-order valence-corrected chi connectivity index (χ2v) is 7.34. The monoisotopic (exact) mass is 391 g/mol. The first-order chi connectivity index (χ1) is 13.6. The predicted molar refractivity (Wildman–Crippen MR) is 113 cm³/mol. The van der Waals surface area contributed by atoms with E-state index in [0.717, 1.165) is 12.8 Å². The summed E-state index contributed by atoms with van der Waals surface area (Å²) in [6, 6.07) is 5.00. The number of benzene rings is 1. The highest BCUT2D eigenvalue weighted by Crippen LogP contribution is 2.12. The van der Waals surface area contributed by atoms with Crippen molar-refractivity contribution in [3.05, 3.63) is 29.8 Å². The van der Waals surface area contributed by atoms with Crippen LogP contribution in [0.15, 0.2) is 24.3 Å². The second kappa shape index (κ2) is 14.9. The molecule has 0 bridgehead atoms. The molecule has 0 heterocycles. The lowest BCUT2D eigenvalue weighted by atomic mass is 10.1. The van der Waals surface area contributed by atoms with Crippen LogP contribution >= 0.6 is 0 Å². The molecule has 6 heteroatoms. The molecule has 0 saturated carbocycles. The molecule has 0 fully saturated rings. The van der Waals surface area contributed by atoms with Gasteiger partial charge in [0.25, 0.3) is 5.91 Å². The number of aromatic hydroxyl groups is 1. The Morgan fingerprint density at radius 3 is 1.82 bits per heavy atom. The van der Waals surface area contributed by atoms with Crippen LogP contribution in [0, 0.1) is 0 Å². The van der Waals surface area contributed by atoms with E-state index in [1.165, 1.54) is 88.5 Å². The molecule has 6 nitrogen and oxygen atoms in total. The Kier molecular flexibility index (Phi) is 12.8. The van der Waals surface area contributed by atoms with Crippen LogP contribution < -0.4 is 11.2 Å². The second-order valence-electron chi connectivity index (χ2n) is 7.34. The minimum atomic E-state index is -0.610. The quantitative estimate of drug-likeness (QED) is 0.177. The molecule has 1 aromatic rings. The van der Waals surface area contributed by atoms with E-state index in [1.54, 1.807) is 0 Å². The number of hydrogen-bond donors (Lipinski definition) is 3. The highest BCUT2D eigenvalue weighted by Gasteiger charge is 2.18. The van der Waals surface area contributed by atoms with Crippen molar-refractivity contribution in [1.82, 2.24) is 10.3 Å². The van der Waals surface area contributed by atoms with E-state index in [-0.39, 0.29) is 11.3 Å². The fourth-order valence-electron chi connectivity index (χ4n) is 3.08. The van der Waals surface area contributed by atoms with Crippen molar-refractivity contribution in [3.8, 4) is 5.75 Å². The molecule has 0 unspecified atom stereocenters. The lowest BCUT2D eigenvalue weighted by Crippen LogP contribution is -2.48. The normalized spacial score (nSPS) is 10.6. The van der Waals surface area contributed by atoms with Crippen molar-refractivity contribution >= 4 is 11.9 Å². The largest absolute Gasteiger partial charge is 0.508 e. The number of phenolic OH excluding ortho intramolecular Hbond substituents is 1. The number of phenols is 1. The maximum atomic E-state index is 12.1. The van der Waals surface area contributed by atoms with Crippen LogP contribution in [0.4, 0.5) is 4.79 Å². The summed E-state index contributed by atoms with van der Waals surface area (Å²) in [5, 5.41) is 12.5. The van der Waals surface area contributed by atoms with E-state index in [2.05, 4.69) is 12.2 Å². The summed E-state index contributed by atoms with van der Waals surface area (Å²) in [5.74, 6) is 5.04. The van der Waals surface area contributed by atoms with Crippen molar-refractivity contribution in [2.75, 3.05) is 6.54 Å². The molecule has 0 spiro atoms. The van der Waals surface area contributed by atoms with Crippen LogP contribution in [0.5, 0.6) is 5.75 Å². The summed E-state index contributed by atoms with van der Waals surface area (Å²) in [4.78, 5) is 24.0. The van der Waals surface area contributed by atoms with Crippen LogP contribution in [-0.4, -0.2) is 28.6 Å². The molecule has 158 valence electrons. The Balaban J connectivity index is 2.01. The number of unbranched alkanes of at least 4 members (excludes halogenated alkanes) is 11. The lowest BCUT2D eigenvalue weighted by molar-refractivity contribution is 0.0800. The van der Waals surface area contributed by atoms with Crippen LogP contribution in [0.3, 0.4) is 0 Å². The average Bonchev–Trinajstić information content (AvgIpc) is 2.70. The van der Waals surface area contributed by atoms with Crippen molar-refractivity contribution in [2.45, 2.75) is 84.0 Å². The Labute approximate surface area is 169 Å². The van der Waals surface area contributed by atoms with Gasteiger partial charge in [-0.15, -0.1) is 0 Å². The number of nitrogens with two attached hydrogens (primary N) is 1. The van der Waals surface area contributed by atoms with E-state index in [4.69, 9.17) is 5.84 Å². The van der Waals surface area contributed by atoms with E-state index < -0.39 is 11.9 Å². The van der Waals surface area contributed by atoms with Crippen molar-refractivity contribution in [1.29, 1.82) is 0 Å². The predicted octanol–water partition coefficient (Wildman–Crippen LogP) is 5.12. The van der Waals surface area contributed by atoms with Gasteiger partial charge in [-0.05, 0) is 30.7 Å². The number of rotatable bonds is 14. The van der Waals surface area contributed by atoms with E-state index in [9.17, 15) is 14.7 Å². The molecule has 0 aliphatic rings. The first kappa shape index (κ1) is 24.0. The van der Waals surface area contributed by atoms with E-state index in [0.29, 0.717) is 11.6 Å². The molecular formula is C22H37N3O3. The Morgan fingerprint density at radius 2 is 1.32 bits per heavy atom. The van der Waals surface area contributed by atoms with Gasteiger partial charge in [-0.1, -0.05) is 77.6 Å². The number of amides is 3. The maximum Gasteiger partial charge on any atom is 0.338 e. The smallest absolute Gasteiger partial charge is 0.338 e. The van der Waals surface area contributed by atoms with Gasteiger partial charge in [-0.2, -0.15) is 5.01 Å². The molecule has 28 heavy (non-hydrogen) atoms. The van der Waals surface area contributed by atoms with Gasteiger partial charge >= 0.3 is 6.03 Å². The number of hydrazine groups is 1. The fraction of sp³-hybridized carbons (Fsp3) is 0.636. The third-order valence-electron chi connectivity index (χ3n) is 4.86. The zero-order valence-electron chi connectivity index (χ0n) is 17.3. The van der Waals surface area contributed by atoms with E-state index >= 15 is 0 Å². The number of hydrogen-bond acceptors (Lipinski definition) is 4. The first-order valence-corrected chi connectivity index (χ1v) is 10.7. The summed E-state index contributed by atoms with van der Waals surface area (Å²) >= 11 is 0. The van der Waals surface area contributed by atoms with E-state index in [1.807, 2.05) is 0 Å². The molecule has 0 atom stereocenters. The van der Waals surface area contributed by atoms with Gasteiger partial charge in [-0.3, -0.25) is 4.79 Å². The number of nitrogens with zero attached hydrogens (tertiary/aromatic N) is 1. The third-order valence-corrected chi connectivity index (χ3v) is 4.86. The summed E-state index contributed by atoms with van der Waals surface area (Å²) in [6.07, 6.45) is 15.1. The number of carbonyl (C=O) groups is 2. The topological polar surface area (TPSA) is 95.7 Å². The Bertz CT molecular complexity index is 561. The van der Waals surface area contributed by atoms with Gasteiger partial charge in [0.05, 0.1) is 0 Å². The number of imide groups is 1. The Morgan fingerprint density at radius 1 is 0.857 bits per heavy atom. The molecule has 0 aliphatic carbocycles. The van der Waals surface area contributed by atoms with Crippen LogP contribution in [-0.2, 0) is 0 Å². The molecule has 4 N–H and O–H groups in total. The summed E-state index contributed by atoms with van der Waals surface area (Å²) in [5.41, 5.74) is 0.251. The minimum absolute atomic E-state index is 0.0524. The van der Waals surface area contributed by atoms with Gasteiger partial charge in [0.2, 0.25) is 0 Å². The molecule has 0 aliphatic heterocycles. The van der Waals surface area contributed by atoms with Crippen LogP contribution in [0.1, 0.15) is 94.3 Å². The third kappa shape index (κ3) is 10.3. The fourth-order valence-corrected chi connectivity index (χ4v) is 3.08. The Hall–Kier alpha value is -2.08. The molecule has 0 saturated heterocycles. The molecule has 0 aromatic heterocycles. The number of nitrogens with one attached hydrogen (secondary N) is 1. The van der Waals surface area contributed by atoms with Crippen LogP contribution in [0.2, 0.25) is 0 Å². The first-order valence-electron chi connectivity index (χ1n) is 10.7. The van der Waals surface area contributed by atoms with Gasteiger partial charge in [-0.25, -0.2) is 10.6 Å². The summed E-state index contributed by atoms with van der Waals surface area (Å²) in [7, 11) is 0. The van der Waals surface area contributed by atoms with Gasteiger partial charge < -0.3 is 10.4 Å². The SMILES string of the molecule is CCCCCCCCCCCCCCNC(=O)N(N)C(=O)c1ccc(O)cc1. The molecule has 1 rings (SSSR count). The van der Waals surface area contributed by atoms with Crippen molar-refractivity contribution in [2.24, 2.45) is 5.84 Å². The number of urea groups is 1. The summed E-state index contributed by atoms with van der Waals surface area (Å²) in [6.45, 7) is 2.75. The van der Waals surface area contributed by atoms with Crippen molar-refractivity contribution < 1.29 is 14.7 Å². The molecule has 3 amide bonds. The molecule has 1 aromatic carbocycles. The highest BCUT2D eigenvalue weighted by molar-refractivity contribution is 6.03. The van der Waals surface area contributed by atoms with Gasteiger partial charge in [0.15, 0.2) is 0 Å². The maximum absolute atomic E-state index is 12.1. The highest BCUT2D eigenvalue weighted by atomic mass is 16.3. The zero-order valence-corrected chi connectivity index (χ0v) is 17.3. The zero-order chi connectivity index (χ0) is 20.6. The van der Waals surface area contributed by atoms with Crippen molar-refractivity contribution in [3.63, 3.8) is 0 Å². The minimum Gasteiger partial charge on any atom is -0.508 e. The van der Waals surface area contributed by atoms with Gasteiger partial charge in [0.1, 0.15) is 5.75 Å². The van der Waals surface area contributed by atoms with Gasteiger partial charge in [0, 0.05) is 12.1 Å². The number of carbonyl (C=O) groups excluding carboxylic acids is 2.